The van der Waals surface area contributed by atoms with Crippen molar-refractivity contribution in [1.82, 2.24) is 9.78 Å². The lowest BCUT2D eigenvalue weighted by atomic mass is 9.89. The zero-order valence-electron chi connectivity index (χ0n) is 12.0. The molecular weight excluding hydrogens is 286 g/mol. The second-order valence-corrected chi connectivity index (χ2v) is 6.08. The first-order valence-corrected chi connectivity index (χ1v) is 7.59. The van der Waals surface area contributed by atoms with Crippen LogP contribution in [0.4, 0.5) is 5.69 Å². The summed E-state index contributed by atoms with van der Waals surface area (Å²) in [5.74, 6) is 0.586. The maximum Gasteiger partial charge on any atom is 0.246 e. The molecular formula is C16H18ClN3O. The second-order valence-electron chi connectivity index (χ2n) is 5.67. The average molecular weight is 304 g/mol. The molecule has 2 aromatic rings. The summed E-state index contributed by atoms with van der Waals surface area (Å²) in [4.78, 5) is 12.1. The molecule has 0 radical (unpaired) electrons. The van der Waals surface area contributed by atoms with Crippen LogP contribution in [0.5, 0.6) is 0 Å². The highest BCUT2D eigenvalue weighted by molar-refractivity contribution is 6.33. The number of amides is 1. The van der Waals surface area contributed by atoms with Crippen LogP contribution >= 0.6 is 11.6 Å². The van der Waals surface area contributed by atoms with Crippen molar-refractivity contribution >= 4 is 23.2 Å². The van der Waals surface area contributed by atoms with Crippen molar-refractivity contribution in [2.75, 3.05) is 5.32 Å². The van der Waals surface area contributed by atoms with Crippen molar-refractivity contribution in [1.29, 1.82) is 0 Å². The molecule has 0 fully saturated rings. The van der Waals surface area contributed by atoms with E-state index in [4.69, 9.17) is 11.6 Å². The van der Waals surface area contributed by atoms with E-state index in [0.29, 0.717) is 16.6 Å². The van der Waals surface area contributed by atoms with Crippen LogP contribution in [-0.2, 0) is 24.2 Å². The normalized spacial score (nSPS) is 17.3. The molecule has 21 heavy (non-hydrogen) atoms. The summed E-state index contributed by atoms with van der Waals surface area (Å²) in [6.07, 6.45) is 5.24. The first-order chi connectivity index (χ1) is 10.1. The van der Waals surface area contributed by atoms with Crippen LogP contribution in [-0.4, -0.2) is 15.7 Å². The largest absolute Gasteiger partial charge is 0.323 e. The highest BCUT2D eigenvalue weighted by atomic mass is 35.5. The fourth-order valence-corrected chi connectivity index (χ4v) is 2.91. The molecule has 1 aliphatic carbocycles. The van der Waals surface area contributed by atoms with Gasteiger partial charge in [-0.2, -0.15) is 5.10 Å². The second kappa shape index (κ2) is 5.90. The zero-order valence-corrected chi connectivity index (χ0v) is 12.7. The summed E-state index contributed by atoms with van der Waals surface area (Å²) in [6, 6.07) is 7.22. The third-order valence-corrected chi connectivity index (χ3v) is 4.15. The number of aromatic nitrogens is 2. The molecule has 0 aliphatic heterocycles. The van der Waals surface area contributed by atoms with Crippen LogP contribution in [0.2, 0.25) is 5.02 Å². The third kappa shape index (κ3) is 3.27. The lowest BCUT2D eigenvalue weighted by Crippen LogP contribution is -2.19. The van der Waals surface area contributed by atoms with E-state index in [1.54, 1.807) is 16.8 Å². The molecule has 1 aromatic heterocycles. The van der Waals surface area contributed by atoms with Crippen LogP contribution in [0.25, 0.3) is 0 Å². The van der Waals surface area contributed by atoms with Gasteiger partial charge in [0, 0.05) is 6.20 Å². The Morgan fingerprint density at radius 1 is 1.48 bits per heavy atom. The van der Waals surface area contributed by atoms with E-state index in [1.807, 2.05) is 18.3 Å². The minimum Gasteiger partial charge on any atom is -0.323 e. The molecule has 110 valence electrons. The third-order valence-electron chi connectivity index (χ3n) is 3.82. The first kappa shape index (κ1) is 14.1. The molecule has 1 unspecified atom stereocenters. The minimum absolute atomic E-state index is 0.115. The number of aryl methyl sites for hydroxylation is 1. The van der Waals surface area contributed by atoms with Gasteiger partial charge in [0.1, 0.15) is 6.54 Å². The first-order valence-electron chi connectivity index (χ1n) is 7.21. The maximum absolute atomic E-state index is 12.1. The molecule has 0 saturated heterocycles. The monoisotopic (exact) mass is 303 g/mol. The number of nitrogens with one attached hydrogen (secondary N) is 1. The Hall–Kier alpha value is -1.81. The van der Waals surface area contributed by atoms with Gasteiger partial charge in [-0.3, -0.25) is 9.48 Å². The number of rotatable bonds is 3. The molecule has 1 N–H and O–H groups in total. The lowest BCUT2D eigenvalue weighted by Gasteiger charge is -2.15. The van der Waals surface area contributed by atoms with E-state index in [1.165, 1.54) is 12.0 Å². The van der Waals surface area contributed by atoms with Gasteiger partial charge in [-0.1, -0.05) is 30.7 Å². The van der Waals surface area contributed by atoms with Gasteiger partial charge in [0.2, 0.25) is 5.91 Å². The van der Waals surface area contributed by atoms with Gasteiger partial charge in [-0.25, -0.2) is 0 Å². The summed E-state index contributed by atoms with van der Waals surface area (Å²) in [5.41, 5.74) is 3.05. The highest BCUT2D eigenvalue weighted by Crippen LogP contribution is 2.24. The van der Waals surface area contributed by atoms with Crippen molar-refractivity contribution in [3.05, 3.63) is 46.7 Å². The van der Waals surface area contributed by atoms with Gasteiger partial charge >= 0.3 is 0 Å². The van der Waals surface area contributed by atoms with E-state index in [2.05, 4.69) is 17.3 Å². The Labute approximate surface area is 129 Å². The molecule has 0 bridgehead atoms. The van der Waals surface area contributed by atoms with Gasteiger partial charge in [0.05, 0.1) is 16.4 Å². The molecule has 1 amide bonds. The smallest absolute Gasteiger partial charge is 0.246 e. The molecule has 4 nitrogen and oxygen atoms in total. The molecule has 1 atom stereocenters. The summed E-state index contributed by atoms with van der Waals surface area (Å²) in [7, 11) is 0. The summed E-state index contributed by atoms with van der Waals surface area (Å²) < 4.78 is 1.73. The van der Waals surface area contributed by atoms with E-state index in [9.17, 15) is 4.79 Å². The number of hydrogen-bond donors (Lipinski definition) is 1. The van der Waals surface area contributed by atoms with Crippen molar-refractivity contribution in [3.8, 4) is 0 Å². The molecule has 5 heteroatoms. The topological polar surface area (TPSA) is 46.9 Å². The van der Waals surface area contributed by atoms with E-state index in [-0.39, 0.29) is 12.5 Å². The van der Waals surface area contributed by atoms with E-state index in [0.717, 1.165) is 18.5 Å². The summed E-state index contributed by atoms with van der Waals surface area (Å²) in [6.45, 7) is 2.47. The molecule has 3 rings (SSSR count). The summed E-state index contributed by atoms with van der Waals surface area (Å²) >= 11 is 6.03. The average Bonchev–Trinajstić information content (AvgIpc) is 2.82. The summed E-state index contributed by atoms with van der Waals surface area (Å²) in [5, 5.41) is 7.87. The Bertz CT molecular complexity index is 665. The molecule has 0 saturated carbocycles. The SMILES string of the molecule is CC1CCc2nn(CC(=O)Nc3ccccc3Cl)cc2C1. The standard InChI is InChI=1S/C16H18ClN3O/c1-11-6-7-14-12(8-11)9-20(19-14)10-16(21)18-15-5-3-2-4-13(15)17/h2-5,9,11H,6-8,10H2,1H3,(H,18,21). The number of halogens is 1. The lowest BCUT2D eigenvalue weighted by molar-refractivity contribution is -0.116. The van der Waals surface area contributed by atoms with E-state index < -0.39 is 0 Å². The Balaban J connectivity index is 1.67. The van der Waals surface area contributed by atoms with Crippen LogP contribution in [0.3, 0.4) is 0 Å². The fourth-order valence-electron chi connectivity index (χ4n) is 2.72. The van der Waals surface area contributed by atoms with Gasteiger partial charge in [0.25, 0.3) is 0 Å². The Kier molecular flexibility index (Phi) is 3.97. The molecule has 1 aliphatic rings. The van der Waals surface area contributed by atoms with Crippen LogP contribution < -0.4 is 5.32 Å². The Morgan fingerprint density at radius 2 is 2.29 bits per heavy atom. The number of para-hydroxylation sites is 1. The molecule has 0 spiro atoms. The zero-order chi connectivity index (χ0) is 14.8. The van der Waals surface area contributed by atoms with Gasteiger partial charge < -0.3 is 5.32 Å². The predicted molar refractivity (Wildman–Crippen MR) is 83.5 cm³/mol. The number of fused-ring (bicyclic) bond motifs is 1. The van der Waals surface area contributed by atoms with Gasteiger partial charge in [-0.15, -0.1) is 0 Å². The number of carbonyl (C=O) groups is 1. The quantitative estimate of drug-likeness (QED) is 0.945. The number of nitrogens with zero attached hydrogens (tertiary/aromatic N) is 2. The molecule has 1 aromatic carbocycles. The maximum atomic E-state index is 12.1. The van der Waals surface area contributed by atoms with Crippen molar-refractivity contribution in [3.63, 3.8) is 0 Å². The fraction of sp³-hybridized carbons (Fsp3) is 0.375. The number of carbonyl (C=O) groups excluding carboxylic acids is 1. The number of anilines is 1. The van der Waals surface area contributed by atoms with Crippen molar-refractivity contribution in [2.45, 2.75) is 32.7 Å². The Morgan fingerprint density at radius 3 is 3.10 bits per heavy atom. The highest BCUT2D eigenvalue weighted by Gasteiger charge is 2.19. The molecule has 1 heterocycles. The predicted octanol–water partition coefficient (Wildman–Crippen LogP) is 3.30. The van der Waals surface area contributed by atoms with Crippen molar-refractivity contribution < 1.29 is 4.79 Å². The number of hydrogen-bond acceptors (Lipinski definition) is 2. The van der Waals surface area contributed by atoms with Crippen LogP contribution in [0, 0.1) is 5.92 Å². The number of benzene rings is 1. The van der Waals surface area contributed by atoms with E-state index >= 15 is 0 Å². The van der Waals surface area contributed by atoms with Gasteiger partial charge in [-0.05, 0) is 42.9 Å². The van der Waals surface area contributed by atoms with Crippen molar-refractivity contribution in [2.24, 2.45) is 5.92 Å². The minimum atomic E-state index is -0.115. The van der Waals surface area contributed by atoms with Crippen LogP contribution in [0.1, 0.15) is 24.6 Å². The van der Waals surface area contributed by atoms with Crippen LogP contribution in [0.15, 0.2) is 30.5 Å². The van der Waals surface area contributed by atoms with Gasteiger partial charge in [0.15, 0.2) is 0 Å².